The molecule has 0 aliphatic carbocycles. The Morgan fingerprint density at radius 1 is 0.250 bits per heavy atom. The van der Waals surface area contributed by atoms with Crippen molar-refractivity contribution in [3.05, 3.63) is 12.2 Å². The van der Waals surface area contributed by atoms with Crippen LogP contribution in [0.5, 0.6) is 0 Å². The van der Waals surface area contributed by atoms with Gasteiger partial charge in [-0.15, -0.1) is 0 Å². The highest BCUT2D eigenvalue weighted by atomic mass is 16.6. The molecule has 0 N–H and O–H groups in total. The summed E-state index contributed by atoms with van der Waals surface area (Å²) in [6.45, 7) is 6.71. The Morgan fingerprint density at radius 2 is 0.434 bits per heavy atom. The predicted octanol–water partition coefficient (Wildman–Crippen LogP) is 23.6. The number of unbranched alkanes of at least 4 members (excludes halogenated alkanes) is 52. The zero-order chi connectivity index (χ0) is 55.0. The summed E-state index contributed by atoms with van der Waals surface area (Å²) in [5.74, 6) is -0.842. The molecular weight excluding hydrogens is 937 g/mol. The van der Waals surface area contributed by atoms with E-state index in [1.807, 2.05) is 0 Å². The van der Waals surface area contributed by atoms with Crippen LogP contribution in [0.3, 0.4) is 0 Å². The van der Waals surface area contributed by atoms with Gasteiger partial charge in [-0.1, -0.05) is 348 Å². The Bertz CT molecular complexity index is 1180. The van der Waals surface area contributed by atoms with Crippen LogP contribution in [0.15, 0.2) is 12.2 Å². The van der Waals surface area contributed by atoms with E-state index in [9.17, 15) is 14.4 Å². The van der Waals surface area contributed by atoms with Gasteiger partial charge in [0.15, 0.2) is 6.10 Å². The maximum atomic E-state index is 12.9. The molecule has 0 aromatic carbocycles. The fourth-order valence-electron chi connectivity index (χ4n) is 10.8. The number of hydrogen-bond donors (Lipinski definition) is 0. The van der Waals surface area contributed by atoms with E-state index in [1.54, 1.807) is 0 Å². The summed E-state index contributed by atoms with van der Waals surface area (Å²) in [5, 5.41) is 0. The second-order valence-corrected chi connectivity index (χ2v) is 23.8. The molecule has 0 aliphatic rings. The molecular formula is C70H134O6. The largest absolute Gasteiger partial charge is 0.462 e. The topological polar surface area (TPSA) is 78.9 Å². The van der Waals surface area contributed by atoms with Crippen molar-refractivity contribution >= 4 is 17.9 Å². The van der Waals surface area contributed by atoms with E-state index in [0.29, 0.717) is 19.3 Å². The minimum Gasteiger partial charge on any atom is -0.462 e. The SMILES string of the molecule is CCCCCCC/C=C\CCCCCCCC(=O)OCC(COC(=O)CCCCCCCCCCCCCCCCCCCCCCCCCCCCCC)OC(=O)CCCCCCCCCCCCCCCCCC. The first-order valence-electron chi connectivity index (χ1n) is 34.7. The number of carbonyl (C=O) groups excluding carboxylic acids is 3. The number of carbonyl (C=O) groups is 3. The third kappa shape index (κ3) is 63.0. The molecule has 6 nitrogen and oxygen atoms in total. The lowest BCUT2D eigenvalue weighted by Gasteiger charge is -2.18. The third-order valence-corrected chi connectivity index (χ3v) is 16.0. The van der Waals surface area contributed by atoms with Crippen LogP contribution in [0.4, 0.5) is 0 Å². The Labute approximate surface area is 475 Å². The van der Waals surface area contributed by atoms with Crippen molar-refractivity contribution in [2.24, 2.45) is 0 Å². The molecule has 0 aromatic rings. The van der Waals surface area contributed by atoms with E-state index < -0.39 is 6.10 Å². The zero-order valence-electron chi connectivity index (χ0n) is 51.8. The van der Waals surface area contributed by atoms with Crippen LogP contribution < -0.4 is 0 Å². The zero-order valence-corrected chi connectivity index (χ0v) is 51.8. The number of esters is 3. The van der Waals surface area contributed by atoms with E-state index >= 15 is 0 Å². The van der Waals surface area contributed by atoms with Crippen LogP contribution in [0.2, 0.25) is 0 Å². The number of rotatable bonds is 65. The van der Waals surface area contributed by atoms with Gasteiger partial charge >= 0.3 is 17.9 Å². The van der Waals surface area contributed by atoms with Gasteiger partial charge in [-0.2, -0.15) is 0 Å². The standard InChI is InChI=1S/C70H134O6/c1-4-7-10-13-16-19-22-25-28-30-31-32-33-34-35-36-37-38-39-40-41-43-45-48-51-54-57-60-63-69(72)75-66-67(65-74-68(71)62-59-56-53-50-47-44-27-24-21-18-15-12-9-6-3)76-70(73)64-61-58-55-52-49-46-42-29-26-23-20-17-14-11-8-5-2/h24,27,67H,4-23,25-26,28-66H2,1-3H3/b27-24-. The first-order valence-corrected chi connectivity index (χ1v) is 34.7. The molecule has 0 fully saturated rings. The monoisotopic (exact) mass is 1070 g/mol. The second-order valence-electron chi connectivity index (χ2n) is 23.8. The molecule has 0 radical (unpaired) electrons. The molecule has 0 saturated carbocycles. The van der Waals surface area contributed by atoms with Gasteiger partial charge in [0.05, 0.1) is 0 Å². The average Bonchev–Trinajstić information content (AvgIpc) is 3.42. The Morgan fingerprint density at radius 3 is 0.658 bits per heavy atom. The van der Waals surface area contributed by atoms with Crippen molar-refractivity contribution in [1.82, 2.24) is 0 Å². The van der Waals surface area contributed by atoms with E-state index in [0.717, 1.165) is 64.2 Å². The molecule has 0 rings (SSSR count). The third-order valence-electron chi connectivity index (χ3n) is 16.0. The van der Waals surface area contributed by atoms with E-state index in [1.165, 1.54) is 295 Å². The van der Waals surface area contributed by atoms with Gasteiger partial charge in [-0.3, -0.25) is 14.4 Å². The van der Waals surface area contributed by atoms with Gasteiger partial charge in [0, 0.05) is 19.3 Å². The highest BCUT2D eigenvalue weighted by molar-refractivity contribution is 5.71. The second kappa shape index (κ2) is 65.7. The molecule has 450 valence electrons. The normalized spacial score (nSPS) is 12.0. The first kappa shape index (κ1) is 74.2. The number of hydrogen-bond acceptors (Lipinski definition) is 6. The van der Waals surface area contributed by atoms with Gasteiger partial charge < -0.3 is 14.2 Å². The van der Waals surface area contributed by atoms with Crippen molar-refractivity contribution in [2.75, 3.05) is 13.2 Å². The van der Waals surface area contributed by atoms with Crippen LogP contribution in [-0.2, 0) is 28.6 Å². The van der Waals surface area contributed by atoms with Crippen LogP contribution in [0.1, 0.15) is 400 Å². The fraction of sp³-hybridized carbons (Fsp3) is 0.929. The van der Waals surface area contributed by atoms with Crippen LogP contribution in [-0.4, -0.2) is 37.2 Å². The number of allylic oxidation sites excluding steroid dienone is 2. The lowest BCUT2D eigenvalue weighted by molar-refractivity contribution is -0.167. The Kier molecular flexibility index (Phi) is 64.1. The molecule has 1 atom stereocenters. The molecule has 0 bridgehead atoms. The predicted molar refractivity (Wildman–Crippen MR) is 330 cm³/mol. The maximum absolute atomic E-state index is 12.9. The van der Waals surface area contributed by atoms with Crippen molar-refractivity contribution in [1.29, 1.82) is 0 Å². The summed E-state index contributed by atoms with van der Waals surface area (Å²) >= 11 is 0. The fourth-order valence-corrected chi connectivity index (χ4v) is 10.8. The summed E-state index contributed by atoms with van der Waals surface area (Å²) in [4.78, 5) is 38.3. The van der Waals surface area contributed by atoms with Gasteiger partial charge in [0.25, 0.3) is 0 Å². The molecule has 0 spiro atoms. The molecule has 0 aliphatic heterocycles. The average molecular weight is 1070 g/mol. The molecule has 1 unspecified atom stereocenters. The summed E-state index contributed by atoms with van der Waals surface area (Å²) in [5.41, 5.74) is 0. The smallest absolute Gasteiger partial charge is 0.306 e. The first-order chi connectivity index (χ1) is 37.5. The minimum absolute atomic E-state index is 0.0658. The van der Waals surface area contributed by atoms with Gasteiger partial charge in [-0.25, -0.2) is 0 Å². The van der Waals surface area contributed by atoms with Crippen molar-refractivity contribution < 1.29 is 28.6 Å². The highest BCUT2D eigenvalue weighted by Crippen LogP contribution is 2.19. The van der Waals surface area contributed by atoms with Crippen LogP contribution in [0.25, 0.3) is 0 Å². The molecule has 0 amide bonds. The van der Waals surface area contributed by atoms with Gasteiger partial charge in [-0.05, 0) is 44.9 Å². The molecule has 76 heavy (non-hydrogen) atoms. The molecule has 6 heteroatoms. The number of ether oxygens (including phenoxy) is 3. The van der Waals surface area contributed by atoms with Crippen molar-refractivity contribution in [3.63, 3.8) is 0 Å². The highest BCUT2D eigenvalue weighted by Gasteiger charge is 2.19. The van der Waals surface area contributed by atoms with Gasteiger partial charge in [0.1, 0.15) is 13.2 Å². The minimum atomic E-state index is -0.769. The Hall–Kier alpha value is -1.85. The van der Waals surface area contributed by atoms with E-state index in [2.05, 4.69) is 32.9 Å². The van der Waals surface area contributed by atoms with Crippen molar-refractivity contribution in [2.45, 2.75) is 406 Å². The quantitative estimate of drug-likeness (QED) is 0.0261. The molecule has 0 heterocycles. The van der Waals surface area contributed by atoms with Crippen LogP contribution >= 0.6 is 0 Å². The summed E-state index contributed by atoms with van der Waals surface area (Å²) in [7, 11) is 0. The van der Waals surface area contributed by atoms with Crippen LogP contribution in [0, 0.1) is 0 Å². The summed E-state index contributed by atoms with van der Waals surface area (Å²) in [6.07, 6.45) is 78.2. The van der Waals surface area contributed by atoms with E-state index in [4.69, 9.17) is 14.2 Å². The van der Waals surface area contributed by atoms with Crippen molar-refractivity contribution in [3.8, 4) is 0 Å². The Balaban J connectivity index is 4.16. The summed E-state index contributed by atoms with van der Waals surface area (Å²) < 4.78 is 17.0. The molecule has 0 saturated heterocycles. The maximum Gasteiger partial charge on any atom is 0.306 e. The summed E-state index contributed by atoms with van der Waals surface area (Å²) in [6, 6.07) is 0. The van der Waals surface area contributed by atoms with Gasteiger partial charge in [0.2, 0.25) is 0 Å². The molecule has 0 aromatic heterocycles. The lowest BCUT2D eigenvalue weighted by Crippen LogP contribution is -2.30. The lowest BCUT2D eigenvalue weighted by atomic mass is 10.0. The van der Waals surface area contributed by atoms with E-state index in [-0.39, 0.29) is 31.1 Å².